The van der Waals surface area contributed by atoms with E-state index in [-0.39, 0.29) is 29.9 Å². The van der Waals surface area contributed by atoms with Crippen LogP contribution in [0.15, 0.2) is 18.2 Å². The molecule has 7 nitrogen and oxygen atoms in total. The topological polar surface area (TPSA) is 93.1 Å². The summed E-state index contributed by atoms with van der Waals surface area (Å²) in [7, 11) is 1.33. The predicted molar refractivity (Wildman–Crippen MR) is 61.2 cm³/mol. The molecule has 1 aromatic carbocycles. The number of ether oxygens (including phenoxy) is 1. The van der Waals surface area contributed by atoms with Crippen LogP contribution in [0.1, 0.15) is 23.2 Å². The van der Waals surface area contributed by atoms with E-state index >= 15 is 0 Å². The van der Waals surface area contributed by atoms with Gasteiger partial charge in [0.15, 0.2) is 11.5 Å². The summed E-state index contributed by atoms with van der Waals surface area (Å²) in [6.07, 6.45) is 0.0655. The van der Waals surface area contributed by atoms with Crippen LogP contribution >= 0.6 is 0 Å². The maximum absolute atomic E-state index is 11.8. The van der Waals surface area contributed by atoms with Gasteiger partial charge in [-0.05, 0) is 18.2 Å². The van der Waals surface area contributed by atoms with E-state index in [1.54, 1.807) is 0 Å². The molecule has 1 saturated heterocycles. The molecular weight excluding hydrogens is 254 g/mol. The van der Waals surface area contributed by atoms with Crippen LogP contribution in [-0.4, -0.2) is 35.1 Å². The molecule has 19 heavy (non-hydrogen) atoms. The molecule has 1 N–H and O–H groups in total. The minimum absolute atomic E-state index is 0.0328. The highest BCUT2D eigenvalue weighted by molar-refractivity contribution is 6.02. The van der Waals surface area contributed by atoms with Crippen LogP contribution in [0, 0.1) is 0 Å². The molecule has 0 unspecified atom stereocenters. The number of phenols is 1. The first-order chi connectivity index (χ1) is 9.02. The summed E-state index contributed by atoms with van der Waals surface area (Å²) in [5.74, 6) is -2.02. The molecule has 0 aliphatic carbocycles. The van der Waals surface area contributed by atoms with Gasteiger partial charge in [-0.15, -0.1) is 5.06 Å². The minimum Gasteiger partial charge on any atom is -0.504 e. The van der Waals surface area contributed by atoms with E-state index in [0.717, 1.165) is 0 Å². The zero-order chi connectivity index (χ0) is 14.0. The molecule has 2 rings (SSSR count). The van der Waals surface area contributed by atoms with Crippen LogP contribution in [-0.2, 0) is 14.4 Å². The largest absolute Gasteiger partial charge is 0.504 e. The van der Waals surface area contributed by atoms with Gasteiger partial charge in [0.25, 0.3) is 11.8 Å². The molecule has 1 heterocycles. The molecule has 0 bridgehead atoms. The smallest absolute Gasteiger partial charge is 0.364 e. The average Bonchev–Trinajstić information content (AvgIpc) is 2.71. The SMILES string of the molecule is COc1cc(C(=O)ON2C(=O)CCC2=O)ccc1O. The van der Waals surface area contributed by atoms with E-state index in [1.807, 2.05) is 0 Å². The van der Waals surface area contributed by atoms with Gasteiger partial charge < -0.3 is 14.7 Å². The number of carbonyl (C=O) groups excluding carboxylic acids is 3. The molecule has 0 atom stereocenters. The van der Waals surface area contributed by atoms with Crippen molar-refractivity contribution in [2.45, 2.75) is 12.8 Å². The Bertz CT molecular complexity index is 537. The molecule has 1 fully saturated rings. The molecule has 2 amide bonds. The quantitative estimate of drug-likeness (QED) is 0.805. The molecule has 1 aliphatic heterocycles. The second kappa shape index (κ2) is 4.97. The first-order valence-electron chi connectivity index (χ1n) is 5.48. The lowest BCUT2D eigenvalue weighted by Gasteiger charge is -2.13. The fraction of sp³-hybridized carbons (Fsp3) is 0.250. The van der Waals surface area contributed by atoms with Crippen LogP contribution < -0.4 is 4.74 Å². The Labute approximate surface area is 108 Å². The van der Waals surface area contributed by atoms with Crippen LogP contribution in [0.25, 0.3) is 0 Å². The maximum atomic E-state index is 11.8. The zero-order valence-electron chi connectivity index (χ0n) is 10.1. The predicted octanol–water partition coefficient (Wildman–Crippen LogP) is 0.622. The van der Waals surface area contributed by atoms with E-state index in [9.17, 15) is 19.5 Å². The monoisotopic (exact) mass is 265 g/mol. The van der Waals surface area contributed by atoms with Gasteiger partial charge in [-0.1, -0.05) is 0 Å². The van der Waals surface area contributed by atoms with Gasteiger partial charge >= 0.3 is 5.97 Å². The van der Waals surface area contributed by atoms with Crippen molar-refractivity contribution in [1.82, 2.24) is 5.06 Å². The number of hydroxylamine groups is 2. The Kier molecular flexibility index (Phi) is 3.37. The summed E-state index contributed by atoms with van der Waals surface area (Å²) in [5, 5.41) is 9.85. The molecule has 7 heteroatoms. The van der Waals surface area contributed by atoms with Gasteiger partial charge in [0, 0.05) is 12.8 Å². The third-order valence-electron chi connectivity index (χ3n) is 2.60. The second-order valence-corrected chi connectivity index (χ2v) is 3.85. The van der Waals surface area contributed by atoms with Crippen LogP contribution in [0.2, 0.25) is 0 Å². The van der Waals surface area contributed by atoms with E-state index in [1.165, 1.54) is 25.3 Å². The van der Waals surface area contributed by atoms with Crippen LogP contribution in [0.4, 0.5) is 0 Å². The lowest BCUT2D eigenvalue weighted by Crippen LogP contribution is -2.32. The molecule has 100 valence electrons. The van der Waals surface area contributed by atoms with E-state index in [0.29, 0.717) is 5.06 Å². The van der Waals surface area contributed by atoms with Crippen LogP contribution in [0.5, 0.6) is 11.5 Å². The Morgan fingerprint density at radius 1 is 1.26 bits per heavy atom. The van der Waals surface area contributed by atoms with Crippen molar-refractivity contribution < 1.29 is 29.1 Å². The normalized spacial score (nSPS) is 14.7. The molecule has 0 aromatic heterocycles. The lowest BCUT2D eigenvalue weighted by molar-refractivity contribution is -0.172. The number of benzene rings is 1. The molecular formula is C12H11NO6. The summed E-state index contributed by atoms with van der Waals surface area (Å²) in [4.78, 5) is 39.1. The Hall–Kier alpha value is -2.57. The van der Waals surface area contributed by atoms with Gasteiger partial charge in [-0.2, -0.15) is 0 Å². The first kappa shape index (κ1) is 12.9. The van der Waals surface area contributed by atoms with Gasteiger partial charge in [0.2, 0.25) is 0 Å². The summed E-state index contributed by atoms with van der Waals surface area (Å²) < 4.78 is 4.84. The number of nitrogens with zero attached hydrogens (tertiary/aromatic N) is 1. The molecule has 0 saturated carbocycles. The van der Waals surface area contributed by atoms with Gasteiger partial charge in [0.1, 0.15) is 0 Å². The highest BCUT2D eigenvalue weighted by atomic mass is 16.7. The van der Waals surface area contributed by atoms with Crippen molar-refractivity contribution in [3.05, 3.63) is 23.8 Å². The first-order valence-corrected chi connectivity index (χ1v) is 5.48. The van der Waals surface area contributed by atoms with Crippen molar-refractivity contribution in [2.75, 3.05) is 7.11 Å². The Balaban J connectivity index is 2.16. The van der Waals surface area contributed by atoms with E-state index in [4.69, 9.17) is 9.57 Å². The fourth-order valence-corrected chi connectivity index (χ4v) is 1.60. The lowest BCUT2D eigenvalue weighted by atomic mass is 10.2. The van der Waals surface area contributed by atoms with Gasteiger partial charge in [-0.3, -0.25) is 9.59 Å². The van der Waals surface area contributed by atoms with Crippen molar-refractivity contribution in [3.63, 3.8) is 0 Å². The number of phenolic OH excluding ortho intramolecular Hbond substituents is 1. The highest BCUT2D eigenvalue weighted by Gasteiger charge is 2.33. The minimum atomic E-state index is -0.873. The third-order valence-corrected chi connectivity index (χ3v) is 2.60. The summed E-state index contributed by atoms with van der Waals surface area (Å²) in [6.45, 7) is 0. The number of aromatic hydroxyl groups is 1. The van der Waals surface area contributed by atoms with E-state index < -0.39 is 17.8 Å². The molecule has 0 spiro atoms. The van der Waals surface area contributed by atoms with Crippen molar-refractivity contribution in [1.29, 1.82) is 0 Å². The van der Waals surface area contributed by atoms with Gasteiger partial charge in [0.05, 0.1) is 12.7 Å². The number of hydrogen-bond acceptors (Lipinski definition) is 6. The standard InChI is InChI=1S/C12H11NO6/c1-18-9-6-7(2-3-8(9)14)12(17)19-13-10(15)4-5-11(13)16/h2-3,6,14H,4-5H2,1H3. The summed E-state index contributed by atoms with van der Waals surface area (Å²) in [6, 6.07) is 3.80. The average molecular weight is 265 g/mol. The number of rotatable bonds is 3. The molecule has 1 aromatic rings. The Morgan fingerprint density at radius 3 is 2.47 bits per heavy atom. The number of methoxy groups -OCH3 is 1. The molecule has 0 radical (unpaired) electrons. The highest BCUT2D eigenvalue weighted by Crippen LogP contribution is 2.27. The maximum Gasteiger partial charge on any atom is 0.364 e. The number of hydrogen-bond donors (Lipinski definition) is 1. The zero-order valence-corrected chi connectivity index (χ0v) is 10.1. The second-order valence-electron chi connectivity index (χ2n) is 3.85. The van der Waals surface area contributed by atoms with Crippen LogP contribution in [0.3, 0.4) is 0 Å². The summed E-state index contributed by atoms with van der Waals surface area (Å²) in [5.41, 5.74) is 0.0575. The third kappa shape index (κ3) is 2.49. The van der Waals surface area contributed by atoms with Crippen molar-refractivity contribution in [3.8, 4) is 11.5 Å². The number of amides is 2. The Morgan fingerprint density at radius 2 is 1.89 bits per heavy atom. The number of carbonyl (C=O) groups is 3. The van der Waals surface area contributed by atoms with E-state index in [2.05, 4.69) is 0 Å². The van der Waals surface area contributed by atoms with Crippen molar-refractivity contribution >= 4 is 17.8 Å². The van der Waals surface area contributed by atoms with Gasteiger partial charge in [-0.25, -0.2) is 4.79 Å². The molecule has 1 aliphatic rings. The van der Waals surface area contributed by atoms with Crippen molar-refractivity contribution in [2.24, 2.45) is 0 Å². The fourth-order valence-electron chi connectivity index (χ4n) is 1.60. The number of imide groups is 1. The summed E-state index contributed by atoms with van der Waals surface area (Å²) >= 11 is 0.